The largest absolute Gasteiger partial charge is 0.333 e. The molecule has 0 bridgehead atoms. The topological polar surface area (TPSA) is 51.0 Å². The number of nitrogens with zero attached hydrogens (tertiary/aromatic N) is 2. The lowest BCUT2D eigenvalue weighted by molar-refractivity contribution is 0.419. The van der Waals surface area contributed by atoms with E-state index in [4.69, 9.17) is 4.52 Å². The van der Waals surface area contributed by atoms with Crippen LogP contribution in [0.5, 0.6) is 0 Å². The van der Waals surface area contributed by atoms with E-state index in [0.717, 1.165) is 30.0 Å². The monoisotopic (exact) mass is 361 g/mol. The molecule has 126 valence electrons. The zero-order valence-corrected chi connectivity index (χ0v) is 15.3. The minimum Gasteiger partial charge on any atom is -0.333 e. The summed E-state index contributed by atoms with van der Waals surface area (Å²) in [5.41, 5.74) is 4.18. The Labute approximate surface area is 151 Å². The summed E-state index contributed by atoms with van der Waals surface area (Å²) in [5.74, 6) is 1.40. The van der Waals surface area contributed by atoms with Gasteiger partial charge < -0.3 is 9.84 Å². The van der Waals surface area contributed by atoms with Crippen LogP contribution in [0.3, 0.4) is 0 Å². The third kappa shape index (κ3) is 3.11. The maximum Gasteiger partial charge on any atom is 0.268 e. The minimum absolute atomic E-state index is 0. The van der Waals surface area contributed by atoms with Gasteiger partial charge in [-0.3, -0.25) is 0 Å². The number of fused-ring (bicyclic) bond motifs is 3. The molecule has 4 nitrogen and oxygen atoms in total. The van der Waals surface area contributed by atoms with Crippen LogP contribution in [0.25, 0.3) is 21.2 Å². The molecule has 1 aliphatic carbocycles. The fourth-order valence-electron chi connectivity index (χ4n) is 2.99. The van der Waals surface area contributed by atoms with Crippen LogP contribution < -0.4 is 5.32 Å². The molecule has 2 aromatic heterocycles. The van der Waals surface area contributed by atoms with Crippen LogP contribution in [0.4, 0.5) is 0 Å². The van der Waals surface area contributed by atoms with Crippen LogP contribution >= 0.6 is 23.7 Å². The first kappa shape index (κ1) is 17.1. The van der Waals surface area contributed by atoms with E-state index in [2.05, 4.69) is 52.7 Å². The number of nitrogens with one attached hydrogen (secondary N) is 1. The van der Waals surface area contributed by atoms with Crippen LogP contribution in [-0.2, 0) is 19.3 Å². The molecule has 3 aromatic rings. The van der Waals surface area contributed by atoms with Gasteiger partial charge in [-0.15, -0.1) is 23.7 Å². The Bertz CT molecular complexity index is 842. The average molecular weight is 362 g/mol. The molecule has 1 aromatic carbocycles. The van der Waals surface area contributed by atoms with Crippen molar-refractivity contribution in [2.75, 3.05) is 7.05 Å². The van der Waals surface area contributed by atoms with Gasteiger partial charge in [-0.1, -0.05) is 29.4 Å². The molecule has 0 radical (unpaired) electrons. The van der Waals surface area contributed by atoms with Crippen molar-refractivity contribution < 1.29 is 4.52 Å². The van der Waals surface area contributed by atoms with Crippen LogP contribution in [0, 0.1) is 0 Å². The fourth-order valence-corrected chi connectivity index (χ4v) is 4.18. The lowest BCUT2D eigenvalue weighted by Gasteiger charge is -2.15. The number of hydrogen-bond acceptors (Lipinski definition) is 5. The Morgan fingerprint density at radius 2 is 2.04 bits per heavy atom. The quantitative estimate of drug-likeness (QED) is 0.758. The number of benzene rings is 1. The second kappa shape index (κ2) is 7.05. The predicted octanol–water partition coefficient (Wildman–Crippen LogP) is 4.14. The Morgan fingerprint density at radius 1 is 1.25 bits per heavy atom. The Morgan fingerprint density at radius 3 is 2.88 bits per heavy atom. The normalized spacial score (nSPS) is 13.8. The van der Waals surface area contributed by atoms with Gasteiger partial charge >= 0.3 is 0 Å². The number of thiophene rings is 1. The third-order valence-corrected chi connectivity index (χ3v) is 5.59. The number of hydrogen-bond donors (Lipinski definition) is 1. The van der Waals surface area contributed by atoms with E-state index in [1.54, 1.807) is 11.3 Å². The van der Waals surface area contributed by atoms with E-state index in [9.17, 15) is 0 Å². The number of rotatable bonds is 4. The standard InChI is InChI=1S/C18H19N3OS.ClH/c1-11(19-2)9-16-20-18(22-21-16)15-10-13-8-7-12-5-3-4-6-14(12)17(13)23-15;/h3-6,10-11,19H,7-9H2,1-2H3;1H. The molecule has 0 saturated carbocycles. The van der Waals surface area contributed by atoms with Gasteiger partial charge in [-0.2, -0.15) is 4.98 Å². The molecule has 2 heterocycles. The van der Waals surface area contributed by atoms with Crippen molar-refractivity contribution in [2.45, 2.75) is 32.2 Å². The smallest absolute Gasteiger partial charge is 0.268 e. The van der Waals surface area contributed by atoms with E-state index in [1.807, 2.05) is 7.05 Å². The molecular formula is C18H20ClN3OS. The molecular weight excluding hydrogens is 342 g/mol. The minimum atomic E-state index is 0. The molecule has 1 atom stereocenters. The first-order valence-corrected chi connectivity index (χ1v) is 8.77. The molecule has 1 aliphatic rings. The molecule has 0 saturated heterocycles. The fraction of sp³-hybridized carbons (Fsp3) is 0.333. The van der Waals surface area contributed by atoms with Crippen LogP contribution in [0.1, 0.15) is 23.9 Å². The Kier molecular flexibility index (Phi) is 5.04. The zero-order chi connectivity index (χ0) is 15.8. The van der Waals surface area contributed by atoms with E-state index in [-0.39, 0.29) is 12.4 Å². The Hall–Kier alpha value is -1.69. The number of aromatic nitrogens is 2. The maximum absolute atomic E-state index is 5.48. The lowest BCUT2D eigenvalue weighted by Crippen LogP contribution is -2.24. The van der Waals surface area contributed by atoms with Crippen molar-refractivity contribution in [2.24, 2.45) is 0 Å². The summed E-state index contributed by atoms with van der Waals surface area (Å²) in [4.78, 5) is 6.98. The molecule has 24 heavy (non-hydrogen) atoms. The summed E-state index contributed by atoms with van der Waals surface area (Å²) in [6, 6.07) is 11.2. The Balaban J connectivity index is 0.00000169. The lowest BCUT2D eigenvalue weighted by atomic mass is 9.91. The van der Waals surface area contributed by atoms with E-state index >= 15 is 0 Å². The second-order valence-corrected chi connectivity index (χ2v) is 7.08. The molecule has 0 aliphatic heterocycles. The number of likely N-dealkylation sites (N-methyl/N-ethyl adjacent to an activating group) is 1. The summed E-state index contributed by atoms with van der Waals surface area (Å²) in [6.07, 6.45) is 2.96. The van der Waals surface area contributed by atoms with Gasteiger partial charge in [0.05, 0.1) is 4.88 Å². The summed E-state index contributed by atoms with van der Waals surface area (Å²) in [6.45, 7) is 2.11. The zero-order valence-electron chi connectivity index (χ0n) is 13.7. The van der Waals surface area contributed by atoms with Crippen molar-refractivity contribution >= 4 is 23.7 Å². The summed E-state index contributed by atoms with van der Waals surface area (Å²) >= 11 is 1.76. The van der Waals surface area contributed by atoms with Crippen LogP contribution in [0.2, 0.25) is 0 Å². The van der Waals surface area contributed by atoms with Crippen molar-refractivity contribution in [1.82, 2.24) is 15.5 Å². The van der Waals surface area contributed by atoms with Crippen molar-refractivity contribution in [1.29, 1.82) is 0 Å². The molecule has 6 heteroatoms. The van der Waals surface area contributed by atoms with Gasteiger partial charge in [0.2, 0.25) is 0 Å². The maximum atomic E-state index is 5.48. The molecule has 0 amide bonds. The van der Waals surface area contributed by atoms with Crippen molar-refractivity contribution in [3.05, 3.63) is 47.3 Å². The van der Waals surface area contributed by atoms with Crippen LogP contribution in [0.15, 0.2) is 34.9 Å². The number of aryl methyl sites for hydroxylation is 2. The van der Waals surface area contributed by atoms with Gasteiger partial charge in [-0.25, -0.2) is 0 Å². The highest BCUT2D eigenvalue weighted by Gasteiger charge is 2.21. The second-order valence-electron chi connectivity index (χ2n) is 6.03. The molecule has 1 unspecified atom stereocenters. The summed E-state index contributed by atoms with van der Waals surface area (Å²) in [7, 11) is 1.94. The third-order valence-electron chi connectivity index (χ3n) is 4.40. The van der Waals surface area contributed by atoms with Gasteiger partial charge in [0.15, 0.2) is 5.82 Å². The molecule has 0 fully saturated rings. The number of halogens is 1. The SMILES string of the molecule is CNC(C)Cc1noc(-c2cc3c(s2)-c2ccccc2CC3)n1.Cl. The average Bonchev–Trinajstić information content (AvgIpc) is 3.21. The first-order chi connectivity index (χ1) is 11.2. The highest BCUT2D eigenvalue weighted by Crippen LogP contribution is 2.42. The highest BCUT2D eigenvalue weighted by molar-refractivity contribution is 7.19. The molecule has 1 N–H and O–H groups in total. The van der Waals surface area contributed by atoms with Crippen molar-refractivity contribution in [3.63, 3.8) is 0 Å². The van der Waals surface area contributed by atoms with Gasteiger partial charge in [0, 0.05) is 17.3 Å². The highest BCUT2D eigenvalue weighted by atomic mass is 35.5. The van der Waals surface area contributed by atoms with E-state index in [0.29, 0.717) is 11.9 Å². The molecule has 4 rings (SSSR count). The van der Waals surface area contributed by atoms with Crippen molar-refractivity contribution in [3.8, 4) is 21.2 Å². The summed E-state index contributed by atoms with van der Waals surface area (Å²) < 4.78 is 5.48. The summed E-state index contributed by atoms with van der Waals surface area (Å²) in [5, 5.41) is 7.31. The van der Waals surface area contributed by atoms with Gasteiger partial charge in [0.25, 0.3) is 5.89 Å². The van der Waals surface area contributed by atoms with Gasteiger partial charge in [0.1, 0.15) is 0 Å². The molecule has 0 spiro atoms. The van der Waals surface area contributed by atoms with Crippen LogP contribution in [-0.4, -0.2) is 23.2 Å². The first-order valence-electron chi connectivity index (χ1n) is 7.96. The predicted molar refractivity (Wildman–Crippen MR) is 99.9 cm³/mol. The van der Waals surface area contributed by atoms with E-state index < -0.39 is 0 Å². The van der Waals surface area contributed by atoms with E-state index in [1.165, 1.54) is 21.6 Å². The van der Waals surface area contributed by atoms with Gasteiger partial charge in [-0.05, 0) is 49.6 Å².